The summed E-state index contributed by atoms with van der Waals surface area (Å²) in [7, 11) is -2.10. The highest BCUT2D eigenvalue weighted by Gasteiger charge is 2.16. The number of nitrogens with one attached hydrogen (secondary N) is 1. The third-order valence-electron chi connectivity index (χ3n) is 2.76. The number of hydrogen-bond donors (Lipinski definition) is 1. The first-order valence-corrected chi connectivity index (χ1v) is 9.47. The molecule has 0 saturated heterocycles. The zero-order valence-electron chi connectivity index (χ0n) is 11.5. The molecule has 2 aromatic carbocycles. The van der Waals surface area contributed by atoms with Gasteiger partial charge < -0.3 is 4.74 Å². The quantitative estimate of drug-likeness (QED) is 0.788. The number of anilines is 1. The molecule has 0 saturated carbocycles. The van der Waals surface area contributed by atoms with Crippen LogP contribution in [0.4, 0.5) is 5.69 Å². The van der Waals surface area contributed by atoms with Crippen LogP contribution in [0.25, 0.3) is 0 Å². The Morgan fingerprint density at radius 3 is 2.57 bits per heavy atom. The second-order valence-corrected chi connectivity index (χ2v) is 7.55. The van der Waals surface area contributed by atoms with Crippen molar-refractivity contribution in [2.75, 3.05) is 18.1 Å². The van der Waals surface area contributed by atoms with Crippen LogP contribution >= 0.6 is 27.7 Å². The predicted molar refractivity (Wildman–Crippen MR) is 89.7 cm³/mol. The van der Waals surface area contributed by atoms with Gasteiger partial charge in [0.25, 0.3) is 10.0 Å². The number of methoxy groups -OCH3 is 1. The Bertz CT molecular complexity index is 748. The van der Waals surface area contributed by atoms with Crippen molar-refractivity contribution in [3.63, 3.8) is 0 Å². The van der Waals surface area contributed by atoms with Crippen LogP contribution in [0.5, 0.6) is 5.75 Å². The zero-order valence-corrected chi connectivity index (χ0v) is 14.7. The third kappa shape index (κ3) is 3.93. The summed E-state index contributed by atoms with van der Waals surface area (Å²) in [5, 5.41) is 0. The Balaban J connectivity index is 2.31. The van der Waals surface area contributed by atoms with Gasteiger partial charge in [-0.2, -0.15) is 0 Å². The van der Waals surface area contributed by atoms with Crippen LogP contribution in [0.3, 0.4) is 0 Å². The third-order valence-corrected chi connectivity index (χ3v) is 5.48. The van der Waals surface area contributed by atoms with Crippen molar-refractivity contribution in [2.45, 2.75) is 9.79 Å². The summed E-state index contributed by atoms with van der Waals surface area (Å²) in [4.78, 5) is 1.16. The van der Waals surface area contributed by atoms with Crippen LogP contribution in [-0.4, -0.2) is 21.8 Å². The van der Waals surface area contributed by atoms with Gasteiger partial charge in [0.15, 0.2) is 0 Å². The highest BCUT2D eigenvalue weighted by atomic mass is 79.9. The van der Waals surface area contributed by atoms with E-state index in [9.17, 15) is 8.42 Å². The lowest BCUT2D eigenvalue weighted by atomic mass is 10.3. The Morgan fingerprint density at radius 2 is 1.95 bits per heavy atom. The first-order valence-electron chi connectivity index (χ1n) is 5.96. The summed E-state index contributed by atoms with van der Waals surface area (Å²) < 4.78 is 33.0. The number of hydrogen-bond acceptors (Lipinski definition) is 4. The van der Waals surface area contributed by atoms with E-state index in [0.717, 1.165) is 4.90 Å². The fourth-order valence-corrected chi connectivity index (χ4v) is 3.94. The average molecular weight is 388 g/mol. The van der Waals surface area contributed by atoms with Crippen molar-refractivity contribution in [3.05, 3.63) is 46.9 Å². The molecule has 0 heterocycles. The molecule has 112 valence electrons. The van der Waals surface area contributed by atoms with E-state index in [1.54, 1.807) is 30.0 Å². The molecule has 0 aliphatic heterocycles. The number of sulfonamides is 1. The first-order chi connectivity index (χ1) is 9.96. The topological polar surface area (TPSA) is 55.4 Å². The van der Waals surface area contributed by atoms with Crippen LogP contribution in [-0.2, 0) is 10.0 Å². The maximum Gasteiger partial charge on any atom is 0.261 e. The minimum absolute atomic E-state index is 0.171. The molecule has 4 nitrogen and oxygen atoms in total. The molecule has 0 amide bonds. The van der Waals surface area contributed by atoms with Gasteiger partial charge in [0.2, 0.25) is 0 Å². The van der Waals surface area contributed by atoms with Gasteiger partial charge in [-0.3, -0.25) is 4.72 Å². The van der Waals surface area contributed by atoms with Gasteiger partial charge in [0.1, 0.15) is 5.75 Å². The Hall–Kier alpha value is -1.18. The van der Waals surface area contributed by atoms with Gasteiger partial charge in [0, 0.05) is 10.6 Å². The van der Waals surface area contributed by atoms with Gasteiger partial charge in [-0.15, -0.1) is 11.8 Å². The molecule has 7 heteroatoms. The van der Waals surface area contributed by atoms with Gasteiger partial charge >= 0.3 is 0 Å². The van der Waals surface area contributed by atoms with Crippen LogP contribution in [0.15, 0.2) is 56.7 Å². The molecule has 2 aromatic rings. The van der Waals surface area contributed by atoms with Crippen molar-refractivity contribution >= 4 is 43.4 Å². The molecule has 0 aliphatic rings. The van der Waals surface area contributed by atoms with Gasteiger partial charge in [-0.25, -0.2) is 8.42 Å². The zero-order chi connectivity index (χ0) is 15.5. The molecule has 0 bridgehead atoms. The number of ether oxygens (including phenoxy) is 1. The monoisotopic (exact) mass is 387 g/mol. The van der Waals surface area contributed by atoms with Crippen molar-refractivity contribution in [3.8, 4) is 5.75 Å². The number of halogens is 1. The largest absolute Gasteiger partial charge is 0.496 e. The smallest absolute Gasteiger partial charge is 0.261 e. The molecular weight excluding hydrogens is 374 g/mol. The number of benzene rings is 2. The molecule has 0 fully saturated rings. The predicted octanol–water partition coefficient (Wildman–Crippen LogP) is 3.98. The van der Waals surface area contributed by atoms with Gasteiger partial charge in [-0.1, -0.05) is 6.07 Å². The summed E-state index contributed by atoms with van der Waals surface area (Å²) in [6.45, 7) is 0. The standard InChI is InChI=1S/C14H14BrNO3S2/c1-19-14-7-6-12(9-13(14)15)21(17,18)16-10-4-3-5-11(8-10)20-2/h3-9,16H,1-2H3. The first kappa shape index (κ1) is 16.2. The van der Waals surface area contributed by atoms with Gasteiger partial charge in [0.05, 0.1) is 16.5 Å². The maximum atomic E-state index is 12.4. The molecule has 0 aliphatic carbocycles. The highest BCUT2D eigenvalue weighted by Crippen LogP contribution is 2.28. The summed E-state index contributed by atoms with van der Waals surface area (Å²) in [6, 6.07) is 11.9. The van der Waals surface area contributed by atoms with E-state index in [4.69, 9.17) is 4.74 Å². The highest BCUT2D eigenvalue weighted by molar-refractivity contribution is 9.10. The van der Waals surface area contributed by atoms with E-state index in [0.29, 0.717) is 15.9 Å². The van der Waals surface area contributed by atoms with E-state index < -0.39 is 10.0 Å². The Labute approximate surface area is 137 Å². The molecule has 0 aromatic heterocycles. The Kier molecular flexibility index (Phi) is 5.18. The fraction of sp³-hybridized carbons (Fsp3) is 0.143. The molecule has 1 N–H and O–H groups in total. The molecule has 0 atom stereocenters. The lowest BCUT2D eigenvalue weighted by molar-refractivity contribution is 0.411. The van der Waals surface area contributed by atoms with E-state index in [1.807, 2.05) is 18.4 Å². The molecule has 0 unspecified atom stereocenters. The lowest BCUT2D eigenvalue weighted by Crippen LogP contribution is -2.13. The maximum absolute atomic E-state index is 12.4. The van der Waals surface area contributed by atoms with Crippen LogP contribution in [0.2, 0.25) is 0 Å². The summed E-state index contributed by atoms with van der Waals surface area (Å²) >= 11 is 4.84. The van der Waals surface area contributed by atoms with Crippen LogP contribution in [0.1, 0.15) is 0 Å². The van der Waals surface area contributed by atoms with E-state index >= 15 is 0 Å². The summed E-state index contributed by atoms with van der Waals surface area (Å²) in [6.07, 6.45) is 1.94. The molecule has 0 radical (unpaired) electrons. The number of rotatable bonds is 5. The Morgan fingerprint density at radius 1 is 1.19 bits per heavy atom. The van der Waals surface area contributed by atoms with Crippen LogP contribution in [0, 0.1) is 0 Å². The molecule has 0 spiro atoms. The van der Waals surface area contributed by atoms with Crippen molar-refractivity contribution in [1.82, 2.24) is 0 Å². The fourth-order valence-electron chi connectivity index (χ4n) is 1.71. The number of thioether (sulfide) groups is 1. The van der Waals surface area contributed by atoms with Crippen molar-refractivity contribution in [1.29, 1.82) is 0 Å². The van der Waals surface area contributed by atoms with Crippen molar-refractivity contribution < 1.29 is 13.2 Å². The van der Waals surface area contributed by atoms with Crippen LogP contribution < -0.4 is 9.46 Å². The molecule has 21 heavy (non-hydrogen) atoms. The summed E-state index contributed by atoms with van der Waals surface area (Å²) in [5.74, 6) is 0.582. The minimum atomic E-state index is -3.63. The second-order valence-electron chi connectivity index (χ2n) is 4.13. The molecular formula is C14H14BrNO3S2. The summed E-state index contributed by atoms with van der Waals surface area (Å²) in [5.41, 5.74) is 0.536. The average Bonchev–Trinajstić information content (AvgIpc) is 2.47. The van der Waals surface area contributed by atoms with Gasteiger partial charge in [-0.05, 0) is 58.6 Å². The van der Waals surface area contributed by atoms with E-state index in [-0.39, 0.29) is 4.90 Å². The SMILES string of the molecule is COc1ccc(S(=O)(=O)Nc2cccc(SC)c2)cc1Br. The minimum Gasteiger partial charge on any atom is -0.496 e. The van der Waals surface area contributed by atoms with E-state index in [1.165, 1.54) is 19.2 Å². The van der Waals surface area contributed by atoms with Crippen molar-refractivity contribution in [2.24, 2.45) is 0 Å². The molecule has 2 rings (SSSR count). The van der Waals surface area contributed by atoms with E-state index in [2.05, 4.69) is 20.7 Å². The normalized spacial score (nSPS) is 11.2. The second kappa shape index (κ2) is 6.72. The lowest BCUT2D eigenvalue weighted by Gasteiger charge is -2.10.